The molecule has 0 spiro atoms. The third-order valence-electron chi connectivity index (χ3n) is 3.62. The summed E-state index contributed by atoms with van der Waals surface area (Å²) in [5.41, 5.74) is 1.63. The summed E-state index contributed by atoms with van der Waals surface area (Å²) in [5.74, 6) is 0.722. The van der Waals surface area contributed by atoms with Gasteiger partial charge in [0, 0.05) is 17.9 Å². The Morgan fingerprint density at radius 1 is 1.15 bits per heavy atom. The van der Waals surface area contributed by atoms with Crippen LogP contribution in [0.5, 0.6) is 0 Å². The summed E-state index contributed by atoms with van der Waals surface area (Å²) in [6.07, 6.45) is 3.62. The van der Waals surface area contributed by atoms with E-state index >= 15 is 0 Å². The first kappa shape index (κ1) is 15.1. The molecule has 0 amide bonds. The smallest absolute Gasteiger partial charge is 0.229 e. The van der Waals surface area contributed by atoms with Crippen molar-refractivity contribution in [1.29, 1.82) is 0 Å². The maximum Gasteiger partial charge on any atom is 0.229 e. The van der Waals surface area contributed by atoms with Crippen LogP contribution in [0.4, 0.5) is 11.4 Å². The molecule has 1 aromatic carbocycles. The number of hydrogen-bond donors (Lipinski definition) is 2. The van der Waals surface area contributed by atoms with Crippen LogP contribution in [0.25, 0.3) is 0 Å². The second-order valence-electron chi connectivity index (χ2n) is 5.58. The molecule has 0 radical (unpaired) electrons. The Hall–Kier alpha value is -1.27. The van der Waals surface area contributed by atoms with Gasteiger partial charge in [-0.05, 0) is 63.2 Å². The Kier molecular flexibility index (Phi) is 4.88. The summed E-state index contributed by atoms with van der Waals surface area (Å²) in [6, 6.07) is 7.36. The normalized spacial score (nSPS) is 17.9. The van der Waals surface area contributed by atoms with Crippen LogP contribution in [-0.2, 0) is 10.0 Å². The Morgan fingerprint density at radius 3 is 2.25 bits per heavy atom. The Bertz CT molecular complexity index is 520. The second kappa shape index (κ2) is 6.45. The van der Waals surface area contributed by atoms with Crippen LogP contribution in [0.2, 0.25) is 0 Å². The van der Waals surface area contributed by atoms with Gasteiger partial charge in [0.05, 0.1) is 6.26 Å². The lowest BCUT2D eigenvalue weighted by atomic mass is 9.97. The average Bonchev–Trinajstić information content (AvgIpc) is 2.38. The van der Waals surface area contributed by atoms with Gasteiger partial charge in [0.25, 0.3) is 0 Å². The monoisotopic (exact) mass is 297 g/mol. The van der Waals surface area contributed by atoms with Gasteiger partial charge >= 0.3 is 0 Å². The van der Waals surface area contributed by atoms with Crippen molar-refractivity contribution in [2.24, 2.45) is 5.92 Å². The molecule has 1 aliphatic rings. The van der Waals surface area contributed by atoms with E-state index in [1.165, 1.54) is 25.9 Å². The van der Waals surface area contributed by atoms with Crippen LogP contribution in [0, 0.1) is 5.92 Å². The minimum atomic E-state index is -3.20. The number of nitrogens with zero attached hydrogens (tertiary/aromatic N) is 1. The first-order valence-electron chi connectivity index (χ1n) is 6.93. The molecule has 2 N–H and O–H groups in total. The van der Waals surface area contributed by atoms with Gasteiger partial charge in [0.15, 0.2) is 0 Å². The highest BCUT2D eigenvalue weighted by atomic mass is 32.2. The number of likely N-dealkylation sites (tertiary alicyclic amines) is 1. The number of benzene rings is 1. The van der Waals surface area contributed by atoms with Crippen molar-refractivity contribution in [3.8, 4) is 0 Å². The molecule has 112 valence electrons. The maximum atomic E-state index is 11.1. The topological polar surface area (TPSA) is 61.4 Å². The molecule has 0 atom stereocenters. The van der Waals surface area contributed by atoms with Crippen LogP contribution >= 0.6 is 0 Å². The van der Waals surface area contributed by atoms with Gasteiger partial charge in [0.2, 0.25) is 10.0 Å². The zero-order chi connectivity index (χ0) is 14.6. The Labute approximate surface area is 121 Å². The lowest BCUT2D eigenvalue weighted by Crippen LogP contribution is -2.32. The summed E-state index contributed by atoms with van der Waals surface area (Å²) < 4.78 is 24.7. The van der Waals surface area contributed by atoms with Crippen molar-refractivity contribution in [3.63, 3.8) is 0 Å². The van der Waals surface area contributed by atoms with Gasteiger partial charge in [0.1, 0.15) is 0 Å². The third-order valence-corrected chi connectivity index (χ3v) is 4.23. The van der Waals surface area contributed by atoms with Crippen LogP contribution < -0.4 is 10.0 Å². The van der Waals surface area contributed by atoms with Gasteiger partial charge in [-0.15, -0.1) is 0 Å². The van der Waals surface area contributed by atoms with Crippen molar-refractivity contribution in [2.45, 2.75) is 12.8 Å². The third kappa shape index (κ3) is 5.02. The van der Waals surface area contributed by atoms with Crippen LogP contribution in [0.1, 0.15) is 12.8 Å². The van der Waals surface area contributed by atoms with E-state index in [0.29, 0.717) is 5.69 Å². The molecule has 1 heterocycles. The molecule has 5 nitrogen and oxygen atoms in total. The summed E-state index contributed by atoms with van der Waals surface area (Å²) in [4.78, 5) is 2.36. The molecular formula is C14H23N3O2S. The van der Waals surface area contributed by atoms with Crippen LogP contribution in [-0.4, -0.2) is 46.3 Å². The van der Waals surface area contributed by atoms with Gasteiger partial charge in [-0.1, -0.05) is 0 Å². The molecular weight excluding hydrogens is 274 g/mol. The van der Waals surface area contributed by atoms with E-state index in [2.05, 4.69) is 22.0 Å². The van der Waals surface area contributed by atoms with Gasteiger partial charge in [-0.25, -0.2) is 8.42 Å². The molecule has 2 rings (SSSR count). The molecule has 0 aliphatic carbocycles. The van der Waals surface area contributed by atoms with E-state index in [-0.39, 0.29) is 0 Å². The molecule has 1 fully saturated rings. The van der Waals surface area contributed by atoms with Crippen molar-refractivity contribution in [3.05, 3.63) is 24.3 Å². The molecule has 1 saturated heterocycles. The quantitative estimate of drug-likeness (QED) is 0.870. The SMILES string of the molecule is CN1CCC(CNc2ccc(NS(C)(=O)=O)cc2)CC1. The summed E-state index contributed by atoms with van der Waals surface area (Å²) in [7, 11) is -1.04. The minimum absolute atomic E-state index is 0.595. The first-order chi connectivity index (χ1) is 9.42. The highest BCUT2D eigenvalue weighted by Crippen LogP contribution is 2.18. The summed E-state index contributed by atoms with van der Waals surface area (Å²) >= 11 is 0. The number of nitrogens with one attached hydrogen (secondary N) is 2. The fourth-order valence-electron chi connectivity index (χ4n) is 2.40. The molecule has 1 aromatic rings. The zero-order valence-corrected chi connectivity index (χ0v) is 12.9. The van der Waals surface area contributed by atoms with Gasteiger partial charge < -0.3 is 10.2 Å². The van der Waals surface area contributed by atoms with Crippen LogP contribution in [0.15, 0.2) is 24.3 Å². The Balaban J connectivity index is 1.82. The number of anilines is 2. The predicted octanol–water partition coefficient (Wildman–Crippen LogP) is 1.81. The molecule has 20 heavy (non-hydrogen) atoms. The number of sulfonamides is 1. The van der Waals surface area contributed by atoms with E-state index < -0.39 is 10.0 Å². The van der Waals surface area contributed by atoms with Crippen molar-refractivity contribution in [2.75, 3.05) is 43.0 Å². The fraction of sp³-hybridized carbons (Fsp3) is 0.571. The number of hydrogen-bond acceptors (Lipinski definition) is 4. The lowest BCUT2D eigenvalue weighted by Gasteiger charge is -2.29. The van der Waals surface area contributed by atoms with E-state index in [1.54, 1.807) is 12.1 Å². The lowest BCUT2D eigenvalue weighted by molar-refractivity contribution is 0.226. The number of rotatable bonds is 5. The molecule has 1 aliphatic heterocycles. The van der Waals surface area contributed by atoms with Gasteiger partial charge in [-0.3, -0.25) is 4.72 Å². The van der Waals surface area contributed by atoms with Crippen molar-refractivity contribution in [1.82, 2.24) is 4.90 Å². The molecule has 0 aromatic heterocycles. The predicted molar refractivity (Wildman–Crippen MR) is 83.6 cm³/mol. The zero-order valence-electron chi connectivity index (χ0n) is 12.1. The van der Waals surface area contributed by atoms with E-state index in [0.717, 1.165) is 24.4 Å². The number of piperidine rings is 1. The van der Waals surface area contributed by atoms with E-state index in [9.17, 15) is 8.42 Å². The Morgan fingerprint density at radius 2 is 1.70 bits per heavy atom. The van der Waals surface area contributed by atoms with Crippen LogP contribution in [0.3, 0.4) is 0 Å². The summed E-state index contributed by atoms with van der Waals surface area (Å²) in [5, 5.41) is 3.42. The summed E-state index contributed by atoms with van der Waals surface area (Å²) in [6.45, 7) is 3.32. The highest BCUT2D eigenvalue weighted by molar-refractivity contribution is 7.92. The molecule has 0 unspecified atom stereocenters. The fourth-order valence-corrected chi connectivity index (χ4v) is 2.96. The molecule has 0 bridgehead atoms. The highest BCUT2D eigenvalue weighted by Gasteiger charge is 2.16. The van der Waals surface area contributed by atoms with Gasteiger partial charge in [-0.2, -0.15) is 0 Å². The average molecular weight is 297 g/mol. The van der Waals surface area contributed by atoms with E-state index in [1.807, 2.05) is 12.1 Å². The standard InChI is InChI=1S/C14H23N3O2S/c1-17-9-7-12(8-10-17)11-15-13-3-5-14(6-4-13)16-20(2,18)19/h3-6,12,15-16H,7-11H2,1-2H3. The van der Waals surface area contributed by atoms with Crippen molar-refractivity contribution >= 4 is 21.4 Å². The van der Waals surface area contributed by atoms with E-state index in [4.69, 9.17) is 0 Å². The van der Waals surface area contributed by atoms with Crippen molar-refractivity contribution < 1.29 is 8.42 Å². The maximum absolute atomic E-state index is 11.1. The molecule has 0 saturated carbocycles. The molecule has 6 heteroatoms. The first-order valence-corrected chi connectivity index (χ1v) is 8.82. The second-order valence-corrected chi connectivity index (χ2v) is 7.33. The largest absolute Gasteiger partial charge is 0.385 e. The minimum Gasteiger partial charge on any atom is -0.385 e.